The molecule has 0 aromatic carbocycles. The Morgan fingerprint density at radius 1 is 1.42 bits per heavy atom. The van der Waals surface area contributed by atoms with Crippen LogP contribution in [0.4, 0.5) is 0 Å². The molecule has 1 atom stereocenters. The predicted molar refractivity (Wildman–Crippen MR) is 66.0 cm³/mol. The lowest BCUT2D eigenvalue weighted by Crippen LogP contribution is -2.48. The lowest BCUT2D eigenvalue weighted by atomic mass is 9.95. The Morgan fingerprint density at radius 2 is 2.05 bits per heavy atom. The van der Waals surface area contributed by atoms with E-state index < -0.39 is 18.6 Å². The Balaban J connectivity index is 2.36. The number of piperidine rings is 1. The highest BCUT2D eigenvalue weighted by atomic mass is 16.4. The number of carbonyl (C=O) groups excluding carboxylic acids is 1. The second-order valence-electron chi connectivity index (χ2n) is 4.61. The fourth-order valence-electron chi connectivity index (χ4n) is 2.10. The van der Waals surface area contributed by atoms with Gasteiger partial charge in [0.15, 0.2) is 0 Å². The minimum Gasteiger partial charge on any atom is -0.480 e. The summed E-state index contributed by atoms with van der Waals surface area (Å²) in [5.74, 6) is -1.77. The topological polar surface area (TPSA) is 114 Å². The number of carboxylic acids is 1. The number of aliphatic hydroxyl groups is 1. The molecule has 1 unspecified atom stereocenters. The van der Waals surface area contributed by atoms with Gasteiger partial charge in [-0.1, -0.05) is 0 Å². The van der Waals surface area contributed by atoms with Gasteiger partial charge in [0.2, 0.25) is 5.91 Å². The third-order valence-corrected chi connectivity index (χ3v) is 3.30. The summed E-state index contributed by atoms with van der Waals surface area (Å²) in [6.07, 6.45) is 1.77. The van der Waals surface area contributed by atoms with Gasteiger partial charge in [-0.2, -0.15) is 5.26 Å². The maximum atomic E-state index is 11.8. The zero-order chi connectivity index (χ0) is 14.3. The molecular formula is C12H19N3O4. The van der Waals surface area contributed by atoms with Crippen molar-refractivity contribution in [3.05, 3.63) is 0 Å². The van der Waals surface area contributed by atoms with E-state index in [9.17, 15) is 9.59 Å². The monoisotopic (exact) mass is 269 g/mol. The van der Waals surface area contributed by atoms with Crippen molar-refractivity contribution in [3.8, 4) is 6.07 Å². The molecule has 1 aliphatic rings. The SMILES string of the molecule is N#CCCN1CCC(C(=O)NC(CO)C(=O)O)CC1. The minimum absolute atomic E-state index is 0.216. The highest BCUT2D eigenvalue weighted by molar-refractivity contribution is 5.85. The van der Waals surface area contributed by atoms with Crippen molar-refractivity contribution in [2.24, 2.45) is 5.92 Å². The Hall–Kier alpha value is -1.65. The molecule has 1 saturated heterocycles. The standard InChI is InChI=1S/C12H19N3O4/c13-4-1-5-15-6-2-9(3-7-15)11(17)14-10(8-16)12(18)19/h9-10,16H,1-3,5-8H2,(H,14,17)(H,18,19). The van der Waals surface area contributed by atoms with Crippen LogP contribution in [0.15, 0.2) is 0 Å². The first kappa shape index (κ1) is 15.4. The number of aliphatic carboxylic acids is 1. The molecule has 0 aromatic heterocycles. The summed E-state index contributed by atoms with van der Waals surface area (Å²) in [5, 5.41) is 28.4. The van der Waals surface area contributed by atoms with E-state index in [1.165, 1.54) is 0 Å². The summed E-state index contributed by atoms with van der Waals surface area (Å²) in [6.45, 7) is 1.56. The van der Waals surface area contributed by atoms with E-state index in [4.69, 9.17) is 15.5 Å². The molecule has 0 radical (unpaired) electrons. The van der Waals surface area contributed by atoms with Crippen molar-refractivity contribution in [2.45, 2.75) is 25.3 Å². The molecule has 1 heterocycles. The molecule has 1 amide bonds. The van der Waals surface area contributed by atoms with Crippen LogP contribution in [0, 0.1) is 17.2 Å². The predicted octanol–water partition coefficient (Wildman–Crippen LogP) is -0.826. The number of amides is 1. The number of hydrogen-bond donors (Lipinski definition) is 3. The van der Waals surface area contributed by atoms with Crippen molar-refractivity contribution < 1.29 is 19.8 Å². The summed E-state index contributed by atoms with van der Waals surface area (Å²) in [6, 6.07) is 0.849. The van der Waals surface area contributed by atoms with Crippen LogP contribution in [0.3, 0.4) is 0 Å². The molecule has 0 aliphatic carbocycles. The fourth-order valence-corrected chi connectivity index (χ4v) is 2.10. The van der Waals surface area contributed by atoms with Crippen molar-refractivity contribution in [1.29, 1.82) is 5.26 Å². The Labute approximate surface area is 111 Å². The minimum atomic E-state index is -1.23. The molecule has 1 rings (SSSR count). The lowest BCUT2D eigenvalue weighted by molar-refractivity contribution is -0.143. The summed E-state index contributed by atoms with van der Waals surface area (Å²) in [7, 11) is 0. The number of nitrogens with one attached hydrogen (secondary N) is 1. The molecule has 7 nitrogen and oxygen atoms in total. The molecule has 1 aliphatic heterocycles. The molecule has 0 bridgehead atoms. The Bertz CT molecular complexity index is 358. The largest absolute Gasteiger partial charge is 0.480 e. The van der Waals surface area contributed by atoms with Crippen molar-refractivity contribution in [1.82, 2.24) is 10.2 Å². The van der Waals surface area contributed by atoms with Crippen molar-refractivity contribution in [3.63, 3.8) is 0 Å². The third kappa shape index (κ3) is 4.85. The number of nitriles is 1. The highest BCUT2D eigenvalue weighted by Gasteiger charge is 2.27. The average Bonchev–Trinajstić information content (AvgIpc) is 2.42. The zero-order valence-corrected chi connectivity index (χ0v) is 10.7. The van der Waals surface area contributed by atoms with Crippen LogP contribution < -0.4 is 5.32 Å². The van der Waals surface area contributed by atoms with Gasteiger partial charge in [-0.05, 0) is 25.9 Å². The molecule has 0 saturated carbocycles. The first-order valence-electron chi connectivity index (χ1n) is 6.31. The molecular weight excluding hydrogens is 250 g/mol. The van der Waals surface area contributed by atoms with Crippen molar-refractivity contribution >= 4 is 11.9 Å². The van der Waals surface area contributed by atoms with Crippen LogP contribution >= 0.6 is 0 Å². The second kappa shape index (κ2) is 7.71. The summed E-state index contributed by atoms with van der Waals surface area (Å²) in [5.41, 5.74) is 0. The number of aliphatic hydroxyl groups excluding tert-OH is 1. The van der Waals surface area contributed by atoms with Gasteiger partial charge in [-0.15, -0.1) is 0 Å². The van der Waals surface area contributed by atoms with Crippen LogP contribution in [-0.4, -0.2) is 59.3 Å². The molecule has 0 spiro atoms. The molecule has 106 valence electrons. The number of nitrogens with zero attached hydrogens (tertiary/aromatic N) is 2. The number of carboxylic acid groups (broad SMARTS) is 1. The van der Waals surface area contributed by atoms with E-state index in [0.29, 0.717) is 25.8 Å². The van der Waals surface area contributed by atoms with Crippen LogP contribution in [0.1, 0.15) is 19.3 Å². The number of likely N-dealkylation sites (tertiary alicyclic amines) is 1. The van der Waals surface area contributed by atoms with Gasteiger partial charge in [0.1, 0.15) is 6.04 Å². The van der Waals surface area contributed by atoms with E-state index in [-0.39, 0.29) is 11.8 Å². The Morgan fingerprint density at radius 3 is 2.53 bits per heavy atom. The van der Waals surface area contributed by atoms with Gasteiger partial charge in [0.25, 0.3) is 0 Å². The van der Waals surface area contributed by atoms with E-state index >= 15 is 0 Å². The summed E-state index contributed by atoms with van der Waals surface area (Å²) in [4.78, 5) is 24.7. The maximum absolute atomic E-state index is 11.8. The second-order valence-corrected chi connectivity index (χ2v) is 4.61. The van der Waals surface area contributed by atoms with Gasteiger partial charge in [-0.3, -0.25) is 4.79 Å². The lowest BCUT2D eigenvalue weighted by Gasteiger charge is -2.31. The number of carbonyl (C=O) groups is 2. The number of hydrogen-bond acceptors (Lipinski definition) is 5. The van der Waals surface area contributed by atoms with E-state index in [1.54, 1.807) is 0 Å². The van der Waals surface area contributed by atoms with Crippen LogP contribution in [-0.2, 0) is 9.59 Å². The Kier molecular flexibility index (Phi) is 6.25. The maximum Gasteiger partial charge on any atom is 0.328 e. The molecule has 1 fully saturated rings. The first-order valence-corrected chi connectivity index (χ1v) is 6.31. The summed E-state index contributed by atoms with van der Waals surface area (Å²) >= 11 is 0. The molecule has 7 heteroatoms. The van der Waals surface area contributed by atoms with Gasteiger partial charge in [0.05, 0.1) is 12.7 Å². The van der Waals surface area contributed by atoms with Gasteiger partial charge >= 0.3 is 5.97 Å². The highest BCUT2D eigenvalue weighted by Crippen LogP contribution is 2.17. The van der Waals surface area contributed by atoms with Crippen LogP contribution in [0.5, 0.6) is 0 Å². The third-order valence-electron chi connectivity index (χ3n) is 3.30. The van der Waals surface area contributed by atoms with Gasteiger partial charge in [-0.25, -0.2) is 4.79 Å². The van der Waals surface area contributed by atoms with E-state index in [2.05, 4.69) is 16.3 Å². The first-order chi connectivity index (χ1) is 9.08. The van der Waals surface area contributed by atoms with Gasteiger partial charge < -0.3 is 20.4 Å². The molecule has 0 aromatic rings. The van der Waals surface area contributed by atoms with Gasteiger partial charge in [0, 0.05) is 18.9 Å². The van der Waals surface area contributed by atoms with Crippen LogP contribution in [0.25, 0.3) is 0 Å². The van der Waals surface area contributed by atoms with Crippen LogP contribution in [0.2, 0.25) is 0 Å². The average molecular weight is 269 g/mol. The normalized spacial score (nSPS) is 18.5. The summed E-state index contributed by atoms with van der Waals surface area (Å²) < 4.78 is 0. The van der Waals surface area contributed by atoms with Crippen molar-refractivity contribution in [2.75, 3.05) is 26.2 Å². The molecule has 19 heavy (non-hydrogen) atoms. The zero-order valence-electron chi connectivity index (χ0n) is 10.7. The quantitative estimate of drug-likeness (QED) is 0.580. The smallest absolute Gasteiger partial charge is 0.328 e. The fraction of sp³-hybridized carbons (Fsp3) is 0.750. The number of rotatable bonds is 6. The van der Waals surface area contributed by atoms with E-state index in [0.717, 1.165) is 13.1 Å². The van der Waals surface area contributed by atoms with E-state index in [1.807, 2.05) is 0 Å². The molecule has 3 N–H and O–H groups in total.